The fraction of sp³-hybridized carbons (Fsp3) is 0.286. The number of aliphatic hydroxyl groups is 1. The van der Waals surface area contributed by atoms with E-state index in [1.807, 2.05) is 6.07 Å². The summed E-state index contributed by atoms with van der Waals surface area (Å²) >= 11 is 0. The number of nitrogens with zero attached hydrogens (tertiary/aromatic N) is 3. The molecule has 1 unspecified atom stereocenters. The van der Waals surface area contributed by atoms with Crippen LogP contribution >= 0.6 is 0 Å². The van der Waals surface area contributed by atoms with Crippen molar-refractivity contribution in [2.75, 3.05) is 0 Å². The Labute approximate surface area is 123 Å². The molecule has 1 aliphatic heterocycles. The van der Waals surface area contributed by atoms with Crippen LogP contribution in [-0.2, 0) is 11.9 Å². The van der Waals surface area contributed by atoms with E-state index in [4.69, 9.17) is 0 Å². The summed E-state index contributed by atoms with van der Waals surface area (Å²) in [7, 11) is 1.79. The zero-order valence-electron chi connectivity index (χ0n) is 11.5. The summed E-state index contributed by atoms with van der Waals surface area (Å²) in [5, 5.41) is 16.8. The third-order valence-electron chi connectivity index (χ3n) is 3.49. The number of benzene rings is 1. The predicted octanol–water partition coefficient (Wildman–Crippen LogP) is 2.46. The zero-order valence-corrected chi connectivity index (χ0v) is 11.5. The van der Waals surface area contributed by atoms with Gasteiger partial charge in [0.1, 0.15) is 0 Å². The van der Waals surface area contributed by atoms with Crippen molar-refractivity contribution in [3.05, 3.63) is 42.1 Å². The molecule has 1 atom stereocenters. The topological polar surface area (TPSA) is 59.6 Å². The second kappa shape index (κ2) is 4.84. The molecule has 22 heavy (non-hydrogen) atoms. The van der Waals surface area contributed by atoms with E-state index in [2.05, 4.69) is 15.1 Å². The first-order valence-electron chi connectivity index (χ1n) is 6.43. The van der Waals surface area contributed by atoms with E-state index in [0.29, 0.717) is 5.56 Å². The van der Waals surface area contributed by atoms with E-state index in [1.54, 1.807) is 42.2 Å². The third-order valence-corrected chi connectivity index (χ3v) is 3.49. The molecule has 116 valence electrons. The minimum Gasteiger partial charge on any atom is -0.350 e. The molecule has 3 rings (SSSR count). The molecule has 1 aromatic carbocycles. The van der Waals surface area contributed by atoms with Crippen LogP contribution in [0.2, 0.25) is 0 Å². The van der Waals surface area contributed by atoms with Crippen LogP contribution in [0.5, 0.6) is 0 Å². The average Bonchev–Trinajstić information content (AvgIpc) is 3.06. The van der Waals surface area contributed by atoms with Gasteiger partial charge in [-0.1, -0.05) is 29.4 Å². The van der Waals surface area contributed by atoms with E-state index in [1.165, 1.54) is 0 Å². The summed E-state index contributed by atoms with van der Waals surface area (Å²) in [5.74, 6) is -3.25. The highest BCUT2D eigenvalue weighted by Crippen LogP contribution is 2.39. The largest absolute Gasteiger partial charge is 0.458 e. The molecule has 0 bridgehead atoms. The highest BCUT2D eigenvalue weighted by Gasteiger charge is 2.60. The van der Waals surface area contributed by atoms with Crippen molar-refractivity contribution in [2.24, 2.45) is 12.2 Å². The maximum absolute atomic E-state index is 12.7. The van der Waals surface area contributed by atoms with Crippen molar-refractivity contribution in [2.45, 2.75) is 18.4 Å². The van der Waals surface area contributed by atoms with Gasteiger partial charge in [-0.2, -0.15) is 18.3 Å². The molecule has 2 heterocycles. The van der Waals surface area contributed by atoms with Crippen LogP contribution in [-0.4, -0.2) is 32.6 Å². The molecule has 0 saturated heterocycles. The predicted molar refractivity (Wildman–Crippen MR) is 71.9 cm³/mol. The molecule has 5 nitrogen and oxygen atoms in total. The van der Waals surface area contributed by atoms with Crippen LogP contribution in [0.4, 0.5) is 13.2 Å². The maximum Gasteiger partial charge on any atom is 0.458 e. The lowest BCUT2D eigenvalue weighted by Gasteiger charge is -2.22. The van der Waals surface area contributed by atoms with Gasteiger partial charge in [0.15, 0.2) is 0 Å². The first-order valence-corrected chi connectivity index (χ1v) is 6.43. The number of aryl methyl sites for hydroxylation is 1. The zero-order chi connectivity index (χ0) is 16.0. The molecule has 1 aromatic heterocycles. The first kappa shape index (κ1) is 14.6. The number of alkyl halides is 3. The van der Waals surface area contributed by atoms with Crippen molar-refractivity contribution in [1.82, 2.24) is 9.78 Å². The molecule has 0 aliphatic carbocycles. The molecular formula is C14H12F3N3O2. The van der Waals surface area contributed by atoms with E-state index in [0.717, 1.165) is 11.3 Å². The SMILES string of the molecule is Cn1nccc1-c1ccc(C2=NOC(O)(C(F)(F)F)C2)cc1. The summed E-state index contributed by atoms with van der Waals surface area (Å²) in [4.78, 5) is 4.20. The van der Waals surface area contributed by atoms with Gasteiger partial charge in [-0.15, -0.1) is 0 Å². The van der Waals surface area contributed by atoms with Gasteiger partial charge in [-0.05, 0) is 17.2 Å². The highest BCUT2D eigenvalue weighted by atomic mass is 19.4. The van der Waals surface area contributed by atoms with Crippen LogP contribution in [0, 0.1) is 0 Å². The normalized spacial score (nSPS) is 21.6. The Morgan fingerprint density at radius 3 is 2.32 bits per heavy atom. The fourth-order valence-corrected chi connectivity index (χ4v) is 2.22. The number of halogens is 3. The van der Waals surface area contributed by atoms with Gasteiger partial charge in [0.25, 0.3) is 0 Å². The second-order valence-electron chi connectivity index (χ2n) is 5.01. The van der Waals surface area contributed by atoms with Gasteiger partial charge in [-0.25, -0.2) is 0 Å². The molecule has 2 aromatic rings. The lowest BCUT2D eigenvalue weighted by molar-refractivity contribution is -0.355. The fourth-order valence-electron chi connectivity index (χ4n) is 2.22. The Balaban J connectivity index is 1.82. The molecule has 0 radical (unpaired) electrons. The van der Waals surface area contributed by atoms with Crippen LogP contribution in [0.15, 0.2) is 41.7 Å². The van der Waals surface area contributed by atoms with Gasteiger partial charge >= 0.3 is 12.0 Å². The van der Waals surface area contributed by atoms with E-state index >= 15 is 0 Å². The Morgan fingerprint density at radius 2 is 1.82 bits per heavy atom. The summed E-state index contributed by atoms with van der Waals surface area (Å²) in [6.45, 7) is 0. The Hall–Kier alpha value is -2.35. The van der Waals surface area contributed by atoms with Crippen LogP contribution in [0.1, 0.15) is 12.0 Å². The maximum atomic E-state index is 12.7. The molecule has 1 N–H and O–H groups in total. The third kappa shape index (κ3) is 2.35. The smallest absolute Gasteiger partial charge is 0.350 e. The van der Waals surface area contributed by atoms with E-state index < -0.39 is 18.4 Å². The molecular weight excluding hydrogens is 299 g/mol. The summed E-state index contributed by atoms with van der Waals surface area (Å²) in [6.07, 6.45) is -3.98. The number of oxime groups is 1. The standard InChI is InChI=1S/C14H12F3N3O2/c1-20-12(6-7-18-20)10-4-2-9(3-5-10)11-8-13(21,22-19-11)14(15,16)17/h2-7,21H,8H2,1H3. The average molecular weight is 311 g/mol. The van der Waals surface area contributed by atoms with Crippen molar-refractivity contribution in [3.63, 3.8) is 0 Å². The van der Waals surface area contributed by atoms with Crippen molar-refractivity contribution in [3.8, 4) is 11.3 Å². The van der Waals surface area contributed by atoms with E-state index in [-0.39, 0.29) is 5.71 Å². The second-order valence-corrected chi connectivity index (χ2v) is 5.01. The van der Waals surface area contributed by atoms with Crippen molar-refractivity contribution < 1.29 is 23.1 Å². The van der Waals surface area contributed by atoms with Crippen molar-refractivity contribution >= 4 is 5.71 Å². The highest BCUT2D eigenvalue weighted by molar-refractivity contribution is 6.01. The quantitative estimate of drug-likeness (QED) is 0.927. The van der Waals surface area contributed by atoms with Crippen LogP contribution < -0.4 is 0 Å². The minimum atomic E-state index is -4.90. The Bertz CT molecular complexity index is 722. The number of rotatable bonds is 2. The molecule has 0 saturated carbocycles. The number of hydrogen-bond donors (Lipinski definition) is 1. The van der Waals surface area contributed by atoms with Crippen LogP contribution in [0.25, 0.3) is 11.3 Å². The summed E-state index contributed by atoms with van der Waals surface area (Å²) in [6, 6.07) is 8.59. The molecule has 8 heteroatoms. The summed E-state index contributed by atoms with van der Waals surface area (Å²) < 4.78 is 39.7. The minimum absolute atomic E-state index is 0.0522. The van der Waals surface area contributed by atoms with Gasteiger partial charge in [-0.3, -0.25) is 4.68 Å². The lowest BCUT2D eigenvalue weighted by atomic mass is 10.0. The van der Waals surface area contributed by atoms with Crippen LogP contribution in [0.3, 0.4) is 0 Å². The van der Waals surface area contributed by atoms with Gasteiger partial charge < -0.3 is 9.94 Å². The van der Waals surface area contributed by atoms with Gasteiger partial charge in [0.2, 0.25) is 0 Å². The Morgan fingerprint density at radius 1 is 1.18 bits per heavy atom. The summed E-state index contributed by atoms with van der Waals surface area (Å²) in [5.41, 5.74) is 2.26. The molecule has 0 fully saturated rings. The molecule has 1 aliphatic rings. The molecule has 0 amide bonds. The first-order chi connectivity index (χ1) is 10.3. The van der Waals surface area contributed by atoms with E-state index in [9.17, 15) is 18.3 Å². The van der Waals surface area contributed by atoms with Gasteiger partial charge in [0.05, 0.1) is 17.8 Å². The van der Waals surface area contributed by atoms with Crippen molar-refractivity contribution in [1.29, 1.82) is 0 Å². The monoisotopic (exact) mass is 311 g/mol. The van der Waals surface area contributed by atoms with Gasteiger partial charge in [0, 0.05) is 13.2 Å². The molecule has 0 spiro atoms. The lowest BCUT2D eigenvalue weighted by Crippen LogP contribution is -2.45. The Kier molecular flexibility index (Phi) is 3.21. The number of hydrogen-bond acceptors (Lipinski definition) is 4. The number of aromatic nitrogens is 2.